The maximum Gasteiger partial charge on any atom is 0.308 e. The molecule has 138 valence electrons. The summed E-state index contributed by atoms with van der Waals surface area (Å²) >= 11 is 0. The average Bonchev–Trinajstić information content (AvgIpc) is 3.17. The van der Waals surface area contributed by atoms with Crippen molar-refractivity contribution in [2.75, 3.05) is 7.11 Å². The van der Waals surface area contributed by atoms with Gasteiger partial charge < -0.3 is 14.6 Å². The first-order valence-corrected chi connectivity index (χ1v) is 9.38. The maximum absolute atomic E-state index is 11.1. The Labute approximate surface area is 145 Å². The summed E-state index contributed by atoms with van der Waals surface area (Å²) in [4.78, 5) is 22.2. The summed E-state index contributed by atoms with van der Waals surface area (Å²) in [5.74, 6) is 0.904. The monoisotopic (exact) mass is 340 g/mol. The van der Waals surface area contributed by atoms with Crippen LogP contribution in [0.15, 0.2) is 0 Å². The van der Waals surface area contributed by atoms with Crippen LogP contribution in [0, 0.1) is 23.7 Å². The molecule has 0 radical (unpaired) electrons. The largest absolute Gasteiger partial charge is 0.469 e. The van der Waals surface area contributed by atoms with Gasteiger partial charge in [0.2, 0.25) is 0 Å². The van der Waals surface area contributed by atoms with Gasteiger partial charge in [-0.05, 0) is 56.8 Å². The molecule has 2 aliphatic carbocycles. The van der Waals surface area contributed by atoms with Crippen molar-refractivity contribution in [2.45, 2.75) is 77.4 Å². The number of aliphatic hydroxyl groups excluding tert-OH is 1. The normalized spacial score (nSPS) is 36.2. The number of hydrogen-bond acceptors (Lipinski definition) is 5. The molecule has 3 aliphatic rings. The van der Waals surface area contributed by atoms with Gasteiger partial charge in [0.05, 0.1) is 25.0 Å². The molecule has 24 heavy (non-hydrogen) atoms. The highest BCUT2D eigenvalue weighted by Crippen LogP contribution is 2.37. The van der Waals surface area contributed by atoms with Gasteiger partial charge in [-0.1, -0.05) is 20.3 Å². The van der Waals surface area contributed by atoms with Gasteiger partial charge in [0, 0.05) is 0 Å². The summed E-state index contributed by atoms with van der Waals surface area (Å²) in [6.45, 7) is 3.83. The van der Waals surface area contributed by atoms with E-state index in [2.05, 4.69) is 4.74 Å². The molecule has 2 saturated carbocycles. The van der Waals surface area contributed by atoms with Gasteiger partial charge in [0.1, 0.15) is 6.10 Å². The number of esters is 2. The summed E-state index contributed by atoms with van der Waals surface area (Å²) in [6.07, 6.45) is 8.52. The first kappa shape index (κ1) is 19.2. The Morgan fingerprint density at radius 2 is 2.00 bits per heavy atom. The molecule has 3 rings (SSSR count). The molecule has 0 aromatic rings. The van der Waals surface area contributed by atoms with Gasteiger partial charge >= 0.3 is 11.9 Å². The third-order valence-corrected chi connectivity index (χ3v) is 5.79. The van der Waals surface area contributed by atoms with E-state index in [4.69, 9.17) is 4.74 Å². The lowest BCUT2D eigenvalue weighted by Crippen LogP contribution is -2.33. The average molecular weight is 340 g/mol. The Hall–Kier alpha value is -1.10. The molecule has 0 aromatic heterocycles. The second-order valence-electron chi connectivity index (χ2n) is 7.72. The maximum atomic E-state index is 11.1. The molecule has 6 unspecified atom stereocenters. The summed E-state index contributed by atoms with van der Waals surface area (Å²) < 4.78 is 9.92. The predicted molar refractivity (Wildman–Crippen MR) is 90.1 cm³/mol. The molecular formula is C19H32O5. The van der Waals surface area contributed by atoms with E-state index in [1.165, 1.54) is 20.0 Å². The second-order valence-corrected chi connectivity index (χ2v) is 7.72. The molecule has 0 aromatic carbocycles. The number of fused-ring (bicyclic) bond motifs is 1. The minimum Gasteiger partial charge on any atom is -0.469 e. The summed E-state index contributed by atoms with van der Waals surface area (Å²) in [6, 6.07) is 0. The molecule has 0 amide bonds. The summed E-state index contributed by atoms with van der Waals surface area (Å²) in [5.41, 5.74) is 0. The fraction of sp³-hybridized carbons (Fsp3) is 0.895. The number of rotatable bonds is 3. The van der Waals surface area contributed by atoms with Gasteiger partial charge in [0.15, 0.2) is 0 Å². The number of methoxy groups -OCH3 is 1. The van der Waals surface area contributed by atoms with E-state index >= 15 is 0 Å². The number of aliphatic hydroxyl groups is 1. The van der Waals surface area contributed by atoms with Gasteiger partial charge in [-0.15, -0.1) is 0 Å². The quantitative estimate of drug-likeness (QED) is 0.799. The van der Waals surface area contributed by atoms with Crippen molar-refractivity contribution in [3.05, 3.63) is 0 Å². The van der Waals surface area contributed by atoms with E-state index in [-0.39, 0.29) is 36.0 Å². The van der Waals surface area contributed by atoms with Crippen molar-refractivity contribution in [1.82, 2.24) is 0 Å². The molecule has 6 atom stereocenters. The van der Waals surface area contributed by atoms with Crippen molar-refractivity contribution in [1.29, 1.82) is 0 Å². The third kappa shape index (κ3) is 4.95. The fourth-order valence-corrected chi connectivity index (χ4v) is 4.29. The van der Waals surface area contributed by atoms with Crippen LogP contribution >= 0.6 is 0 Å². The van der Waals surface area contributed by atoms with E-state index in [9.17, 15) is 14.7 Å². The Balaban J connectivity index is 0.000000175. The van der Waals surface area contributed by atoms with Crippen molar-refractivity contribution < 1.29 is 24.2 Å². The van der Waals surface area contributed by atoms with Crippen LogP contribution in [0.1, 0.15) is 65.2 Å². The Morgan fingerprint density at radius 1 is 1.29 bits per heavy atom. The highest BCUT2D eigenvalue weighted by atomic mass is 16.5. The van der Waals surface area contributed by atoms with Crippen LogP contribution in [0.25, 0.3) is 0 Å². The standard InChI is InChI=1S/C10H18O3.C9H14O2/c1-7(10(12)13-2)6-8-4-3-5-9(8)11;1-6-5-7-3-2-4-8(7)11-9(6)10/h7-9,11H,3-6H2,1-2H3;6-8H,2-5H2,1H3. The first-order chi connectivity index (χ1) is 11.4. The fourth-order valence-electron chi connectivity index (χ4n) is 4.29. The van der Waals surface area contributed by atoms with Crippen molar-refractivity contribution >= 4 is 11.9 Å². The van der Waals surface area contributed by atoms with Crippen LogP contribution in [0.3, 0.4) is 0 Å². The highest BCUT2D eigenvalue weighted by Gasteiger charge is 2.38. The summed E-state index contributed by atoms with van der Waals surface area (Å²) in [5, 5.41) is 9.54. The third-order valence-electron chi connectivity index (χ3n) is 5.79. The minimum atomic E-state index is -0.202. The van der Waals surface area contributed by atoms with Crippen LogP contribution in [-0.4, -0.2) is 36.4 Å². The van der Waals surface area contributed by atoms with Gasteiger partial charge in [-0.3, -0.25) is 9.59 Å². The zero-order valence-electron chi connectivity index (χ0n) is 15.2. The number of carbonyl (C=O) groups excluding carboxylic acids is 2. The Bertz CT molecular complexity index is 435. The van der Waals surface area contributed by atoms with Crippen LogP contribution < -0.4 is 0 Å². The van der Waals surface area contributed by atoms with Crippen LogP contribution in [0.4, 0.5) is 0 Å². The second kappa shape index (κ2) is 8.84. The predicted octanol–water partition coefficient (Wildman–Crippen LogP) is 3.08. The van der Waals surface area contributed by atoms with Crippen molar-refractivity contribution in [3.63, 3.8) is 0 Å². The molecule has 5 heteroatoms. The van der Waals surface area contributed by atoms with Crippen LogP contribution in [0.2, 0.25) is 0 Å². The number of ether oxygens (including phenoxy) is 2. The van der Waals surface area contributed by atoms with Crippen LogP contribution in [0.5, 0.6) is 0 Å². The van der Waals surface area contributed by atoms with Gasteiger partial charge in [-0.2, -0.15) is 0 Å². The minimum absolute atomic E-state index is 0.0214. The lowest BCUT2D eigenvalue weighted by Gasteiger charge is -2.28. The lowest BCUT2D eigenvalue weighted by atomic mass is 9.90. The molecular weight excluding hydrogens is 308 g/mol. The molecule has 5 nitrogen and oxygen atoms in total. The number of carbonyl (C=O) groups is 2. The molecule has 1 N–H and O–H groups in total. The van der Waals surface area contributed by atoms with E-state index < -0.39 is 0 Å². The molecule has 1 saturated heterocycles. The highest BCUT2D eigenvalue weighted by molar-refractivity contribution is 5.73. The Kier molecular flexibility index (Phi) is 7.08. The summed E-state index contributed by atoms with van der Waals surface area (Å²) in [7, 11) is 1.41. The van der Waals surface area contributed by atoms with E-state index in [0.29, 0.717) is 11.8 Å². The molecule has 0 bridgehead atoms. The van der Waals surface area contributed by atoms with Crippen molar-refractivity contribution in [2.24, 2.45) is 23.7 Å². The van der Waals surface area contributed by atoms with Gasteiger partial charge in [0.25, 0.3) is 0 Å². The first-order valence-electron chi connectivity index (χ1n) is 9.38. The molecule has 1 aliphatic heterocycles. The molecule has 3 fully saturated rings. The molecule has 1 heterocycles. The lowest BCUT2D eigenvalue weighted by molar-refractivity contribution is -0.162. The zero-order valence-corrected chi connectivity index (χ0v) is 15.2. The zero-order chi connectivity index (χ0) is 17.7. The van der Waals surface area contributed by atoms with E-state index in [1.807, 2.05) is 13.8 Å². The topological polar surface area (TPSA) is 72.8 Å². The van der Waals surface area contributed by atoms with Gasteiger partial charge in [-0.25, -0.2) is 0 Å². The number of hydrogen-bond donors (Lipinski definition) is 1. The SMILES string of the molecule is CC1CC2CCCC2OC1=O.COC(=O)C(C)CC1CCCC1O. The van der Waals surface area contributed by atoms with E-state index in [0.717, 1.165) is 38.5 Å². The molecule has 0 spiro atoms. The van der Waals surface area contributed by atoms with E-state index in [1.54, 1.807) is 0 Å². The van der Waals surface area contributed by atoms with Crippen molar-refractivity contribution in [3.8, 4) is 0 Å². The Morgan fingerprint density at radius 3 is 2.62 bits per heavy atom. The smallest absolute Gasteiger partial charge is 0.308 e. The van der Waals surface area contributed by atoms with Crippen LogP contribution in [-0.2, 0) is 19.1 Å².